The zero-order valence-corrected chi connectivity index (χ0v) is 19.6. The molecule has 4 aromatic rings. The van der Waals surface area contributed by atoms with E-state index in [1.54, 1.807) is 16.7 Å². The van der Waals surface area contributed by atoms with E-state index < -0.39 is 0 Å². The van der Waals surface area contributed by atoms with Crippen molar-refractivity contribution < 1.29 is 9.53 Å². The smallest absolute Gasteiger partial charge is 0.278 e. The quantitative estimate of drug-likeness (QED) is 0.281. The summed E-state index contributed by atoms with van der Waals surface area (Å²) in [5, 5.41) is 3.39. The Balaban J connectivity index is 1.59. The van der Waals surface area contributed by atoms with Crippen LogP contribution in [-0.4, -0.2) is 32.8 Å². The molecule has 0 atom stereocenters. The van der Waals surface area contributed by atoms with E-state index in [9.17, 15) is 9.59 Å². The Morgan fingerprint density at radius 2 is 1.88 bits per heavy atom. The SMILES string of the molecule is CCOc1ccc(NC(=O)CSc2nc3c(-c4ccccc4)c[nH]c3c(=O)n2C(C)C)cc1. The van der Waals surface area contributed by atoms with Gasteiger partial charge in [0.1, 0.15) is 16.8 Å². The Morgan fingerprint density at radius 1 is 1.15 bits per heavy atom. The highest BCUT2D eigenvalue weighted by Gasteiger charge is 2.19. The predicted octanol–water partition coefficient (Wildman–Crippen LogP) is 5.10. The lowest BCUT2D eigenvalue weighted by atomic mass is 10.1. The molecule has 2 heterocycles. The van der Waals surface area contributed by atoms with E-state index in [4.69, 9.17) is 9.72 Å². The fourth-order valence-electron chi connectivity index (χ4n) is 3.58. The number of anilines is 1. The average Bonchev–Trinajstić information content (AvgIpc) is 3.24. The molecule has 0 saturated carbocycles. The molecule has 0 aliphatic rings. The van der Waals surface area contributed by atoms with Crippen LogP contribution in [0.4, 0.5) is 5.69 Å². The zero-order valence-electron chi connectivity index (χ0n) is 18.8. The zero-order chi connectivity index (χ0) is 23.4. The van der Waals surface area contributed by atoms with Gasteiger partial charge in [0.2, 0.25) is 5.91 Å². The van der Waals surface area contributed by atoms with Crippen molar-refractivity contribution >= 4 is 34.4 Å². The van der Waals surface area contributed by atoms with E-state index >= 15 is 0 Å². The first-order valence-corrected chi connectivity index (χ1v) is 11.8. The van der Waals surface area contributed by atoms with Gasteiger partial charge in [-0.25, -0.2) is 4.98 Å². The number of fused-ring (bicyclic) bond motifs is 1. The lowest BCUT2D eigenvalue weighted by Crippen LogP contribution is -2.25. The third kappa shape index (κ3) is 4.96. The summed E-state index contributed by atoms with van der Waals surface area (Å²) in [6.07, 6.45) is 1.81. The van der Waals surface area contributed by atoms with Crippen LogP contribution in [0.3, 0.4) is 0 Å². The normalized spacial score (nSPS) is 11.2. The summed E-state index contributed by atoms with van der Waals surface area (Å²) in [5.74, 6) is 0.707. The third-order valence-corrected chi connectivity index (χ3v) is 6.03. The molecule has 33 heavy (non-hydrogen) atoms. The number of amides is 1. The van der Waals surface area contributed by atoms with Crippen LogP contribution in [0.15, 0.2) is 70.7 Å². The maximum Gasteiger partial charge on any atom is 0.278 e. The minimum Gasteiger partial charge on any atom is -0.494 e. The molecule has 0 aliphatic heterocycles. The van der Waals surface area contributed by atoms with Crippen LogP contribution in [0.1, 0.15) is 26.8 Å². The van der Waals surface area contributed by atoms with Gasteiger partial charge in [-0.05, 0) is 50.6 Å². The average molecular weight is 463 g/mol. The van der Waals surface area contributed by atoms with E-state index in [1.165, 1.54) is 11.8 Å². The number of hydrogen-bond donors (Lipinski definition) is 2. The molecule has 0 saturated heterocycles. The molecule has 170 valence electrons. The van der Waals surface area contributed by atoms with Crippen molar-refractivity contribution in [2.45, 2.75) is 32.0 Å². The Labute approximate surface area is 196 Å². The fraction of sp³-hybridized carbons (Fsp3) is 0.240. The van der Waals surface area contributed by atoms with E-state index in [1.807, 2.05) is 69.4 Å². The van der Waals surface area contributed by atoms with Crippen molar-refractivity contribution in [3.63, 3.8) is 0 Å². The van der Waals surface area contributed by atoms with Crippen LogP contribution in [-0.2, 0) is 4.79 Å². The summed E-state index contributed by atoms with van der Waals surface area (Å²) in [6, 6.07) is 16.9. The van der Waals surface area contributed by atoms with E-state index in [-0.39, 0.29) is 23.3 Å². The van der Waals surface area contributed by atoms with Gasteiger partial charge in [0.15, 0.2) is 5.16 Å². The van der Waals surface area contributed by atoms with Gasteiger partial charge in [0.05, 0.1) is 12.4 Å². The lowest BCUT2D eigenvalue weighted by Gasteiger charge is -2.15. The number of aromatic nitrogens is 3. The van der Waals surface area contributed by atoms with Gasteiger partial charge < -0.3 is 15.0 Å². The van der Waals surface area contributed by atoms with Crippen molar-refractivity contribution in [2.24, 2.45) is 0 Å². The van der Waals surface area contributed by atoms with Gasteiger partial charge >= 0.3 is 0 Å². The van der Waals surface area contributed by atoms with Gasteiger partial charge in [-0.1, -0.05) is 42.1 Å². The number of rotatable bonds is 8. The molecule has 0 radical (unpaired) electrons. The molecular formula is C25H26N4O3S. The van der Waals surface area contributed by atoms with Gasteiger partial charge in [-0.2, -0.15) is 0 Å². The summed E-state index contributed by atoms with van der Waals surface area (Å²) in [7, 11) is 0. The van der Waals surface area contributed by atoms with Crippen LogP contribution in [0, 0.1) is 0 Å². The van der Waals surface area contributed by atoms with Gasteiger partial charge in [-0.15, -0.1) is 0 Å². The second kappa shape index (κ2) is 9.95. The number of nitrogens with one attached hydrogen (secondary N) is 2. The Hall–Kier alpha value is -3.52. The number of carbonyl (C=O) groups is 1. The molecule has 0 unspecified atom stereocenters. The highest BCUT2D eigenvalue weighted by Crippen LogP contribution is 2.28. The van der Waals surface area contributed by atoms with Crippen LogP contribution in [0.2, 0.25) is 0 Å². The predicted molar refractivity (Wildman–Crippen MR) is 133 cm³/mol. The number of carbonyl (C=O) groups excluding carboxylic acids is 1. The largest absolute Gasteiger partial charge is 0.494 e. The molecule has 0 bridgehead atoms. The molecule has 0 spiro atoms. The summed E-state index contributed by atoms with van der Waals surface area (Å²) in [6.45, 7) is 6.37. The van der Waals surface area contributed by atoms with Crippen molar-refractivity contribution in [3.8, 4) is 16.9 Å². The molecule has 7 nitrogen and oxygen atoms in total. The van der Waals surface area contributed by atoms with Gasteiger partial charge in [0.25, 0.3) is 5.56 Å². The molecule has 2 aromatic heterocycles. The van der Waals surface area contributed by atoms with Gasteiger partial charge in [-0.3, -0.25) is 14.2 Å². The topological polar surface area (TPSA) is 89.0 Å². The number of benzene rings is 2. The first kappa shape index (κ1) is 22.7. The van der Waals surface area contributed by atoms with Crippen LogP contribution in [0.25, 0.3) is 22.2 Å². The molecule has 0 fully saturated rings. The summed E-state index contributed by atoms with van der Waals surface area (Å²) in [5.41, 5.74) is 3.45. The first-order chi connectivity index (χ1) is 16.0. The highest BCUT2D eigenvalue weighted by molar-refractivity contribution is 7.99. The van der Waals surface area contributed by atoms with Crippen molar-refractivity contribution in [1.82, 2.24) is 14.5 Å². The first-order valence-electron chi connectivity index (χ1n) is 10.8. The standard InChI is InChI=1S/C25H26N4O3S/c1-4-32-19-12-10-18(11-13-19)27-21(30)15-33-25-28-22-20(17-8-6-5-7-9-17)14-26-23(22)24(31)29(25)16(2)3/h5-14,16,26H,4,15H2,1-3H3,(H,27,30). The Kier molecular flexibility index (Phi) is 6.84. The molecule has 0 aliphatic carbocycles. The molecule has 2 aromatic carbocycles. The minimum atomic E-state index is -0.175. The summed E-state index contributed by atoms with van der Waals surface area (Å²) < 4.78 is 7.06. The van der Waals surface area contributed by atoms with E-state index in [2.05, 4.69) is 10.3 Å². The number of hydrogen-bond acceptors (Lipinski definition) is 5. The minimum absolute atomic E-state index is 0.102. The number of H-pyrrole nitrogens is 1. The van der Waals surface area contributed by atoms with Crippen molar-refractivity contribution in [3.05, 3.63) is 71.1 Å². The lowest BCUT2D eigenvalue weighted by molar-refractivity contribution is -0.113. The molecule has 4 rings (SSSR count). The number of thioether (sulfide) groups is 1. The molecular weight excluding hydrogens is 436 g/mol. The van der Waals surface area contributed by atoms with Crippen molar-refractivity contribution in [1.29, 1.82) is 0 Å². The number of aromatic amines is 1. The number of ether oxygens (including phenoxy) is 1. The van der Waals surface area contributed by atoms with Crippen LogP contribution in [0.5, 0.6) is 5.75 Å². The van der Waals surface area contributed by atoms with Crippen LogP contribution >= 0.6 is 11.8 Å². The van der Waals surface area contributed by atoms with Crippen molar-refractivity contribution in [2.75, 3.05) is 17.7 Å². The van der Waals surface area contributed by atoms with E-state index in [0.29, 0.717) is 28.5 Å². The number of nitrogens with zero attached hydrogens (tertiary/aromatic N) is 2. The monoisotopic (exact) mass is 462 g/mol. The molecule has 8 heteroatoms. The fourth-order valence-corrected chi connectivity index (χ4v) is 4.50. The summed E-state index contributed by atoms with van der Waals surface area (Å²) in [4.78, 5) is 33.7. The second-order valence-electron chi connectivity index (χ2n) is 7.75. The van der Waals surface area contributed by atoms with Crippen LogP contribution < -0.4 is 15.6 Å². The summed E-state index contributed by atoms with van der Waals surface area (Å²) >= 11 is 1.25. The maximum absolute atomic E-state index is 13.2. The highest BCUT2D eigenvalue weighted by atomic mass is 32.2. The second-order valence-corrected chi connectivity index (χ2v) is 8.69. The van der Waals surface area contributed by atoms with E-state index in [0.717, 1.165) is 16.9 Å². The molecule has 2 N–H and O–H groups in total. The Bertz CT molecular complexity index is 1310. The maximum atomic E-state index is 13.2. The van der Waals surface area contributed by atoms with Gasteiger partial charge in [0, 0.05) is 23.5 Å². The Morgan fingerprint density at radius 3 is 2.55 bits per heavy atom. The molecule has 1 amide bonds. The third-order valence-electron chi connectivity index (χ3n) is 5.08.